The first-order chi connectivity index (χ1) is 17.1. The van der Waals surface area contributed by atoms with E-state index in [1.165, 1.54) is 26.4 Å². The lowest BCUT2D eigenvalue weighted by molar-refractivity contribution is -0.138. The lowest BCUT2D eigenvalue weighted by Crippen LogP contribution is -2.47. The number of carbonyl (C=O) groups is 2. The van der Waals surface area contributed by atoms with Crippen molar-refractivity contribution >= 4 is 28.8 Å². The Hall–Kier alpha value is -3.37. The number of nitrogens with one attached hydrogen (secondary N) is 1. The van der Waals surface area contributed by atoms with Gasteiger partial charge < -0.3 is 24.4 Å². The normalized spacial score (nSPS) is 17.9. The number of fused-ring (bicyclic) bond motifs is 2. The van der Waals surface area contributed by atoms with Crippen LogP contribution in [0.15, 0.2) is 42.5 Å². The molecule has 2 aliphatic heterocycles. The molecule has 0 radical (unpaired) electrons. The Kier molecular flexibility index (Phi) is 7.10. The van der Waals surface area contributed by atoms with E-state index in [-0.39, 0.29) is 31.3 Å². The van der Waals surface area contributed by atoms with Gasteiger partial charge in [-0.15, -0.1) is 0 Å². The largest absolute Gasteiger partial charge is 0.481 e. The van der Waals surface area contributed by atoms with Crippen LogP contribution in [-0.4, -0.2) is 51.9 Å². The number of amides is 2. The summed E-state index contributed by atoms with van der Waals surface area (Å²) >= 11 is 0. The maximum absolute atomic E-state index is 13.4. The number of nitrogens with zero attached hydrogens (tertiary/aromatic N) is 1. The summed E-state index contributed by atoms with van der Waals surface area (Å²) < 4.78 is 56.7. The summed E-state index contributed by atoms with van der Waals surface area (Å²) in [4.78, 5) is 26.7. The van der Waals surface area contributed by atoms with Crippen molar-refractivity contribution in [1.29, 1.82) is 0 Å². The molecular weight excluding hydrogens is 477 g/mol. The lowest BCUT2D eigenvalue weighted by atomic mass is 9.86. The molecule has 4 rings (SSSR count). The van der Waals surface area contributed by atoms with Crippen molar-refractivity contribution in [2.45, 2.75) is 31.0 Å². The number of anilines is 2. The van der Waals surface area contributed by atoms with Crippen LogP contribution < -0.4 is 15.0 Å². The van der Waals surface area contributed by atoms with E-state index >= 15 is 0 Å². The van der Waals surface area contributed by atoms with Gasteiger partial charge in [-0.3, -0.25) is 9.59 Å². The molecule has 0 saturated heterocycles. The minimum absolute atomic E-state index is 0.00134. The van der Waals surface area contributed by atoms with E-state index in [2.05, 4.69) is 5.32 Å². The van der Waals surface area contributed by atoms with Crippen molar-refractivity contribution in [2.24, 2.45) is 0 Å². The van der Waals surface area contributed by atoms with Gasteiger partial charge in [-0.2, -0.15) is 13.2 Å². The van der Waals surface area contributed by atoms with Crippen LogP contribution in [-0.2, 0) is 31.7 Å². The number of halogens is 3. The fourth-order valence-electron chi connectivity index (χ4n) is 4.75. The quantitative estimate of drug-likeness (QED) is 0.589. The third-order valence-electron chi connectivity index (χ3n) is 6.35. The number of benzene rings is 2. The zero-order chi connectivity index (χ0) is 26.1. The summed E-state index contributed by atoms with van der Waals surface area (Å²) in [7, 11) is 4.60. The highest BCUT2D eigenvalue weighted by atomic mass is 19.4. The van der Waals surface area contributed by atoms with Crippen LogP contribution in [0.5, 0.6) is 5.75 Å². The first kappa shape index (κ1) is 25.7. The number of ether oxygens (including phenoxy) is 3. The zero-order valence-electron chi connectivity index (χ0n) is 20.2. The van der Waals surface area contributed by atoms with Crippen LogP contribution in [0.1, 0.15) is 29.5 Å². The van der Waals surface area contributed by atoms with Crippen molar-refractivity contribution in [3.8, 4) is 5.75 Å². The predicted octanol–water partition coefficient (Wildman–Crippen LogP) is 4.45. The molecule has 7 nitrogen and oxygen atoms in total. The number of alkyl halides is 3. The van der Waals surface area contributed by atoms with Crippen LogP contribution in [0.4, 0.5) is 24.5 Å². The van der Waals surface area contributed by atoms with Gasteiger partial charge in [0.15, 0.2) is 5.60 Å². The average molecular weight is 505 g/mol. The molecule has 2 aromatic rings. The topological polar surface area (TPSA) is 77.1 Å². The highest BCUT2D eigenvalue weighted by Crippen LogP contribution is 2.44. The average Bonchev–Trinajstić information content (AvgIpc) is 2.81. The second-order valence-electron chi connectivity index (χ2n) is 8.95. The molecule has 0 saturated carbocycles. The number of hydrogen-bond acceptors (Lipinski definition) is 5. The van der Waals surface area contributed by atoms with Crippen molar-refractivity contribution in [2.75, 3.05) is 44.7 Å². The molecule has 1 N–H and O–H groups in total. The number of rotatable bonds is 6. The summed E-state index contributed by atoms with van der Waals surface area (Å²) in [6.45, 7) is 0.0874. The SMILES string of the molecule is COCC1(COC)C/C(=C\C(=O)Nc2cccc3c2CCC(=O)N3C)c2ccc(C(F)(F)F)cc2O1. The first-order valence-corrected chi connectivity index (χ1v) is 11.4. The van der Waals surface area contributed by atoms with E-state index in [0.29, 0.717) is 29.7 Å². The minimum Gasteiger partial charge on any atom is -0.481 e. The molecule has 36 heavy (non-hydrogen) atoms. The van der Waals surface area contributed by atoms with Gasteiger partial charge in [-0.25, -0.2) is 0 Å². The summed E-state index contributed by atoms with van der Waals surface area (Å²) in [6, 6.07) is 8.53. The Morgan fingerprint density at radius 3 is 2.56 bits per heavy atom. The fourth-order valence-corrected chi connectivity index (χ4v) is 4.75. The van der Waals surface area contributed by atoms with E-state index in [1.54, 1.807) is 24.1 Å². The summed E-state index contributed by atoms with van der Waals surface area (Å²) in [5.74, 6) is -0.450. The zero-order valence-corrected chi connectivity index (χ0v) is 20.2. The van der Waals surface area contributed by atoms with Gasteiger partial charge in [0, 0.05) is 57.1 Å². The molecule has 192 valence electrons. The van der Waals surface area contributed by atoms with Crippen LogP contribution >= 0.6 is 0 Å². The molecule has 0 aromatic heterocycles. The highest BCUT2D eigenvalue weighted by Gasteiger charge is 2.41. The molecule has 0 aliphatic carbocycles. The molecule has 0 spiro atoms. The second-order valence-corrected chi connectivity index (χ2v) is 8.95. The van der Waals surface area contributed by atoms with Gasteiger partial charge in [0.05, 0.1) is 18.8 Å². The molecule has 0 unspecified atom stereocenters. The number of hydrogen-bond donors (Lipinski definition) is 1. The smallest absolute Gasteiger partial charge is 0.416 e. The van der Waals surface area contributed by atoms with Crippen molar-refractivity contribution in [1.82, 2.24) is 0 Å². The Morgan fingerprint density at radius 1 is 1.17 bits per heavy atom. The van der Waals surface area contributed by atoms with Crippen LogP contribution in [0.2, 0.25) is 0 Å². The van der Waals surface area contributed by atoms with Gasteiger partial charge in [-0.1, -0.05) is 12.1 Å². The summed E-state index contributed by atoms with van der Waals surface area (Å²) in [5, 5.41) is 2.87. The molecule has 0 fully saturated rings. The van der Waals surface area contributed by atoms with Crippen molar-refractivity contribution < 1.29 is 37.0 Å². The third-order valence-corrected chi connectivity index (χ3v) is 6.35. The molecule has 0 atom stereocenters. The maximum atomic E-state index is 13.4. The van der Waals surface area contributed by atoms with Gasteiger partial charge in [0.25, 0.3) is 0 Å². The number of carbonyl (C=O) groups excluding carboxylic acids is 2. The molecule has 10 heteroatoms. The van der Waals surface area contributed by atoms with Crippen molar-refractivity contribution in [3.63, 3.8) is 0 Å². The van der Waals surface area contributed by atoms with Crippen LogP contribution in [0, 0.1) is 0 Å². The highest BCUT2D eigenvalue weighted by molar-refractivity contribution is 6.06. The monoisotopic (exact) mass is 504 g/mol. The Balaban J connectivity index is 1.71. The van der Waals surface area contributed by atoms with E-state index in [9.17, 15) is 22.8 Å². The molecule has 2 amide bonds. The van der Waals surface area contributed by atoms with Crippen molar-refractivity contribution in [3.05, 3.63) is 59.2 Å². The molecule has 2 aliphatic rings. The lowest BCUT2D eigenvalue weighted by Gasteiger charge is -2.39. The van der Waals surface area contributed by atoms with Gasteiger partial charge in [0.2, 0.25) is 11.8 Å². The van der Waals surface area contributed by atoms with Crippen LogP contribution in [0.3, 0.4) is 0 Å². The molecule has 0 bridgehead atoms. The summed E-state index contributed by atoms with van der Waals surface area (Å²) in [6.07, 6.45) is -2.17. The second kappa shape index (κ2) is 9.94. The summed E-state index contributed by atoms with van der Waals surface area (Å²) in [5.41, 5.74) is 1.07. The molecular formula is C26H27F3N2O5. The Morgan fingerprint density at radius 2 is 1.89 bits per heavy atom. The van der Waals surface area contributed by atoms with E-state index in [1.807, 2.05) is 6.07 Å². The third kappa shape index (κ3) is 5.10. The Labute approximate surface area is 206 Å². The van der Waals surface area contributed by atoms with E-state index in [4.69, 9.17) is 14.2 Å². The predicted molar refractivity (Wildman–Crippen MR) is 128 cm³/mol. The maximum Gasteiger partial charge on any atom is 0.416 e. The van der Waals surface area contributed by atoms with Crippen LogP contribution in [0.25, 0.3) is 5.57 Å². The van der Waals surface area contributed by atoms with E-state index < -0.39 is 23.2 Å². The Bertz CT molecular complexity index is 1200. The number of methoxy groups -OCH3 is 2. The molecule has 2 heterocycles. The first-order valence-electron chi connectivity index (χ1n) is 11.4. The standard InChI is InChI=1S/C26H27F3N2O5/c1-31-21-6-4-5-20(19(21)9-10-24(31)33)30-23(32)11-16-13-25(14-34-2,15-35-3)36-22-12-17(26(27,28)29)7-8-18(16)22/h4-8,11-12H,9-10,13-15H2,1-3H3,(H,30,32)/b16-11+. The minimum atomic E-state index is -4.55. The van der Waals surface area contributed by atoms with Gasteiger partial charge >= 0.3 is 6.18 Å². The van der Waals surface area contributed by atoms with Gasteiger partial charge in [-0.05, 0) is 41.8 Å². The fraction of sp³-hybridized carbons (Fsp3) is 0.385. The molecule has 2 aromatic carbocycles. The van der Waals surface area contributed by atoms with Gasteiger partial charge in [0.1, 0.15) is 5.75 Å². The van der Waals surface area contributed by atoms with E-state index in [0.717, 1.165) is 23.4 Å².